The number of amides is 1. The molecule has 18 heavy (non-hydrogen) atoms. The standard InChI is InChI=1S/C12H17N3OS.ClH/c1-13-10-4-7-15(8-10)12(16)9-17-11-2-5-14-6-3-11;/h2-3,5-6,10,13H,4,7-9H2,1H3;1H. The number of rotatable bonds is 4. The van der Waals surface area contributed by atoms with Crippen molar-refractivity contribution in [1.29, 1.82) is 0 Å². The van der Waals surface area contributed by atoms with Crippen molar-refractivity contribution in [1.82, 2.24) is 15.2 Å². The first kappa shape index (κ1) is 15.3. The van der Waals surface area contributed by atoms with Gasteiger partial charge in [0.05, 0.1) is 5.75 Å². The molecule has 1 atom stereocenters. The molecule has 1 aromatic heterocycles. The Hall–Kier alpha value is -0.780. The highest BCUT2D eigenvalue weighted by Crippen LogP contribution is 2.18. The van der Waals surface area contributed by atoms with Crippen LogP contribution in [-0.2, 0) is 4.79 Å². The Bertz CT molecular complexity index is 377. The zero-order valence-corrected chi connectivity index (χ0v) is 12.0. The van der Waals surface area contributed by atoms with Crippen molar-refractivity contribution < 1.29 is 4.79 Å². The number of nitrogens with zero attached hydrogens (tertiary/aromatic N) is 2. The van der Waals surface area contributed by atoms with Crippen LogP contribution in [-0.4, -0.2) is 47.7 Å². The summed E-state index contributed by atoms with van der Waals surface area (Å²) in [6, 6.07) is 4.32. The number of pyridine rings is 1. The molecular formula is C12H18ClN3OS. The van der Waals surface area contributed by atoms with E-state index in [1.807, 2.05) is 24.1 Å². The van der Waals surface area contributed by atoms with Gasteiger partial charge in [-0.15, -0.1) is 24.2 Å². The van der Waals surface area contributed by atoms with E-state index in [0.717, 1.165) is 24.4 Å². The molecule has 0 radical (unpaired) electrons. The van der Waals surface area contributed by atoms with E-state index in [1.165, 1.54) is 0 Å². The topological polar surface area (TPSA) is 45.2 Å². The van der Waals surface area contributed by atoms with E-state index in [1.54, 1.807) is 24.2 Å². The first-order chi connectivity index (χ1) is 8.29. The molecule has 0 bridgehead atoms. The van der Waals surface area contributed by atoms with E-state index >= 15 is 0 Å². The quantitative estimate of drug-likeness (QED) is 0.851. The van der Waals surface area contributed by atoms with Crippen molar-refractivity contribution in [3.05, 3.63) is 24.5 Å². The zero-order chi connectivity index (χ0) is 12.1. The normalized spacial score (nSPS) is 18.5. The van der Waals surface area contributed by atoms with Gasteiger partial charge in [0.1, 0.15) is 0 Å². The van der Waals surface area contributed by atoms with E-state index in [-0.39, 0.29) is 18.3 Å². The molecule has 100 valence electrons. The minimum Gasteiger partial charge on any atom is -0.340 e. The molecule has 4 nitrogen and oxygen atoms in total. The van der Waals surface area contributed by atoms with Crippen molar-refractivity contribution in [2.45, 2.75) is 17.4 Å². The lowest BCUT2D eigenvalue weighted by Crippen LogP contribution is -2.34. The number of carbonyl (C=O) groups excluding carboxylic acids is 1. The summed E-state index contributed by atoms with van der Waals surface area (Å²) in [6.45, 7) is 1.72. The highest BCUT2D eigenvalue weighted by molar-refractivity contribution is 8.00. The van der Waals surface area contributed by atoms with Gasteiger partial charge in [-0.05, 0) is 25.6 Å². The number of likely N-dealkylation sites (tertiary alicyclic amines) is 1. The van der Waals surface area contributed by atoms with Crippen molar-refractivity contribution in [3.8, 4) is 0 Å². The predicted octanol–water partition coefficient (Wildman–Crippen LogP) is 1.42. The summed E-state index contributed by atoms with van der Waals surface area (Å²) in [5, 5.41) is 3.21. The second kappa shape index (κ2) is 7.61. The molecule has 6 heteroatoms. The van der Waals surface area contributed by atoms with E-state index < -0.39 is 0 Å². The highest BCUT2D eigenvalue weighted by atomic mass is 35.5. The van der Waals surface area contributed by atoms with Gasteiger partial charge in [-0.3, -0.25) is 9.78 Å². The maximum atomic E-state index is 11.9. The average Bonchev–Trinajstić information content (AvgIpc) is 2.86. The molecule has 1 amide bonds. The number of hydrogen-bond donors (Lipinski definition) is 1. The molecule has 1 aromatic rings. The maximum absolute atomic E-state index is 11.9. The van der Waals surface area contributed by atoms with Crippen LogP contribution in [0.1, 0.15) is 6.42 Å². The van der Waals surface area contributed by atoms with Crippen molar-refractivity contribution in [2.24, 2.45) is 0 Å². The van der Waals surface area contributed by atoms with Crippen LogP contribution >= 0.6 is 24.2 Å². The Morgan fingerprint density at radius 3 is 2.89 bits per heavy atom. The van der Waals surface area contributed by atoms with Gasteiger partial charge in [-0.2, -0.15) is 0 Å². The summed E-state index contributed by atoms with van der Waals surface area (Å²) in [4.78, 5) is 18.9. The van der Waals surface area contributed by atoms with Crippen molar-refractivity contribution in [3.63, 3.8) is 0 Å². The number of aromatic nitrogens is 1. The maximum Gasteiger partial charge on any atom is 0.232 e. The van der Waals surface area contributed by atoms with Crippen molar-refractivity contribution >= 4 is 30.1 Å². The molecule has 1 aliphatic rings. The summed E-state index contributed by atoms with van der Waals surface area (Å²) < 4.78 is 0. The molecular weight excluding hydrogens is 270 g/mol. The Kier molecular flexibility index (Phi) is 6.46. The van der Waals surface area contributed by atoms with Crippen LogP contribution in [0.5, 0.6) is 0 Å². The molecule has 1 saturated heterocycles. The number of hydrogen-bond acceptors (Lipinski definition) is 4. The number of likely N-dealkylation sites (N-methyl/N-ethyl adjacent to an activating group) is 1. The molecule has 1 fully saturated rings. The Balaban J connectivity index is 0.00000162. The van der Waals surface area contributed by atoms with E-state index in [4.69, 9.17) is 0 Å². The first-order valence-corrected chi connectivity index (χ1v) is 6.76. The van der Waals surface area contributed by atoms with Crippen LogP contribution in [0.2, 0.25) is 0 Å². The smallest absolute Gasteiger partial charge is 0.232 e. The van der Waals surface area contributed by atoms with Gasteiger partial charge >= 0.3 is 0 Å². The fourth-order valence-corrected chi connectivity index (χ4v) is 2.68. The molecule has 2 rings (SSSR count). The number of thioether (sulfide) groups is 1. The van der Waals surface area contributed by atoms with Gasteiger partial charge < -0.3 is 10.2 Å². The van der Waals surface area contributed by atoms with Crippen LogP contribution in [0.3, 0.4) is 0 Å². The monoisotopic (exact) mass is 287 g/mol. The highest BCUT2D eigenvalue weighted by Gasteiger charge is 2.24. The van der Waals surface area contributed by atoms with Crippen LogP contribution < -0.4 is 5.32 Å². The lowest BCUT2D eigenvalue weighted by atomic mass is 10.3. The summed E-state index contributed by atoms with van der Waals surface area (Å²) >= 11 is 1.57. The molecule has 0 saturated carbocycles. The molecule has 0 aliphatic carbocycles. The summed E-state index contributed by atoms with van der Waals surface area (Å²) in [6.07, 6.45) is 4.56. The Morgan fingerprint density at radius 2 is 2.28 bits per heavy atom. The second-order valence-electron chi connectivity index (χ2n) is 4.09. The van der Waals surface area contributed by atoms with Gasteiger partial charge in [0.2, 0.25) is 5.91 Å². The lowest BCUT2D eigenvalue weighted by Gasteiger charge is -2.16. The third-order valence-corrected chi connectivity index (χ3v) is 3.96. The van der Waals surface area contributed by atoms with Gasteiger partial charge in [0, 0.05) is 36.4 Å². The summed E-state index contributed by atoms with van der Waals surface area (Å²) in [5.41, 5.74) is 0. The molecule has 0 spiro atoms. The SMILES string of the molecule is CNC1CCN(C(=O)CSc2ccncc2)C1.Cl. The fraction of sp³-hybridized carbons (Fsp3) is 0.500. The van der Waals surface area contributed by atoms with Gasteiger partial charge in [-0.25, -0.2) is 0 Å². The third kappa shape index (κ3) is 4.15. The molecule has 1 N–H and O–H groups in total. The molecule has 2 heterocycles. The Morgan fingerprint density at radius 1 is 1.56 bits per heavy atom. The van der Waals surface area contributed by atoms with Gasteiger partial charge in [0.25, 0.3) is 0 Å². The fourth-order valence-electron chi connectivity index (χ4n) is 1.89. The number of halogens is 1. The van der Waals surface area contributed by atoms with E-state index in [2.05, 4.69) is 10.3 Å². The van der Waals surface area contributed by atoms with Crippen molar-refractivity contribution in [2.75, 3.05) is 25.9 Å². The van der Waals surface area contributed by atoms with Crippen LogP contribution in [0, 0.1) is 0 Å². The molecule has 1 aliphatic heterocycles. The van der Waals surface area contributed by atoms with Gasteiger partial charge in [-0.1, -0.05) is 0 Å². The van der Waals surface area contributed by atoms with E-state index in [0.29, 0.717) is 11.8 Å². The lowest BCUT2D eigenvalue weighted by molar-refractivity contribution is -0.127. The minimum absolute atomic E-state index is 0. The van der Waals surface area contributed by atoms with Crippen LogP contribution in [0.15, 0.2) is 29.4 Å². The summed E-state index contributed by atoms with van der Waals surface area (Å²) in [5.74, 6) is 0.741. The average molecular weight is 288 g/mol. The zero-order valence-electron chi connectivity index (χ0n) is 10.3. The van der Waals surface area contributed by atoms with E-state index in [9.17, 15) is 4.79 Å². The minimum atomic E-state index is 0. The predicted molar refractivity (Wildman–Crippen MR) is 76.3 cm³/mol. The number of nitrogens with one attached hydrogen (secondary N) is 1. The largest absolute Gasteiger partial charge is 0.340 e. The summed E-state index contributed by atoms with van der Waals surface area (Å²) in [7, 11) is 1.95. The Labute approximate surface area is 118 Å². The molecule has 0 aromatic carbocycles. The number of carbonyl (C=O) groups is 1. The van der Waals surface area contributed by atoms with Crippen LogP contribution in [0.25, 0.3) is 0 Å². The third-order valence-electron chi connectivity index (χ3n) is 2.96. The molecule has 1 unspecified atom stereocenters. The van der Waals surface area contributed by atoms with Crippen LogP contribution in [0.4, 0.5) is 0 Å². The van der Waals surface area contributed by atoms with Gasteiger partial charge in [0.15, 0.2) is 0 Å². The second-order valence-corrected chi connectivity index (χ2v) is 5.13. The first-order valence-electron chi connectivity index (χ1n) is 5.77.